The number of amides is 1. The minimum atomic E-state index is -0.367. The fourth-order valence-electron chi connectivity index (χ4n) is 2.27. The summed E-state index contributed by atoms with van der Waals surface area (Å²) < 4.78 is 0. The van der Waals surface area contributed by atoms with Gasteiger partial charge in [0.1, 0.15) is 5.56 Å². The van der Waals surface area contributed by atoms with Crippen molar-refractivity contribution in [3.8, 4) is 0 Å². The van der Waals surface area contributed by atoms with Crippen molar-refractivity contribution in [3.63, 3.8) is 0 Å². The van der Waals surface area contributed by atoms with Gasteiger partial charge in [0.05, 0.1) is 6.04 Å². The molecule has 1 amide bonds. The number of nitrogens with one attached hydrogen (secondary N) is 2. The zero-order valence-electron chi connectivity index (χ0n) is 13.1. The number of aryl methyl sites for hydroxylation is 1. The van der Waals surface area contributed by atoms with Crippen LogP contribution in [0.3, 0.4) is 0 Å². The molecule has 0 aliphatic rings. The molecule has 0 spiro atoms. The minimum absolute atomic E-state index is 0.130. The monoisotopic (exact) mass is 299 g/mol. The van der Waals surface area contributed by atoms with E-state index in [9.17, 15) is 9.59 Å². The van der Waals surface area contributed by atoms with Gasteiger partial charge in [-0.05, 0) is 38.7 Å². The summed E-state index contributed by atoms with van der Waals surface area (Å²) in [6.45, 7) is 2.43. The van der Waals surface area contributed by atoms with Crippen molar-refractivity contribution in [2.75, 3.05) is 20.6 Å². The van der Waals surface area contributed by atoms with Gasteiger partial charge >= 0.3 is 0 Å². The molecular weight excluding hydrogens is 278 g/mol. The second kappa shape index (κ2) is 7.04. The van der Waals surface area contributed by atoms with Gasteiger partial charge in [-0.1, -0.05) is 30.3 Å². The van der Waals surface area contributed by atoms with Crippen LogP contribution in [0.4, 0.5) is 0 Å². The molecule has 0 fully saturated rings. The number of aromatic amines is 1. The summed E-state index contributed by atoms with van der Waals surface area (Å²) in [5.41, 5.74) is 1.50. The molecule has 116 valence electrons. The van der Waals surface area contributed by atoms with Crippen LogP contribution in [0.1, 0.15) is 27.7 Å². The fourth-order valence-corrected chi connectivity index (χ4v) is 2.27. The lowest BCUT2D eigenvalue weighted by Crippen LogP contribution is -2.37. The van der Waals surface area contributed by atoms with Gasteiger partial charge in [-0.3, -0.25) is 9.59 Å². The Morgan fingerprint density at radius 2 is 1.86 bits per heavy atom. The molecule has 1 aromatic carbocycles. The van der Waals surface area contributed by atoms with Crippen LogP contribution in [-0.2, 0) is 0 Å². The van der Waals surface area contributed by atoms with Crippen molar-refractivity contribution in [1.29, 1.82) is 0 Å². The summed E-state index contributed by atoms with van der Waals surface area (Å²) in [7, 11) is 3.89. The number of likely N-dealkylation sites (N-methyl/N-ethyl adjacent to an activating group) is 1. The standard InChI is InChI=1S/C17H21N3O2/c1-12-9-10-14(16(21)18-12)17(22)19-15(11-20(2)3)13-7-5-4-6-8-13/h4-10,15H,11H2,1-3H3,(H,18,21)(H,19,22)/t15-/m0/s1. The van der Waals surface area contributed by atoms with E-state index in [-0.39, 0.29) is 23.1 Å². The van der Waals surface area contributed by atoms with Gasteiger partial charge in [0.25, 0.3) is 11.5 Å². The molecule has 2 rings (SSSR count). The first kappa shape index (κ1) is 16.0. The Morgan fingerprint density at radius 3 is 2.45 bits per heavy atom. The molecular formula is C17H21N3O2. The Bertz CT molecular complexity index is 693. The molecule has 1 atom stereocenters. The molecule has 0 radical (unpaired) electrons. The highest BCUT2D eigenvalue weighted by molar-refractivity contribution is 5.94. The second-order valence-corrected chi connectivity index (χ2v) is 5.58. The Hall–Kier alpha value is -2.40. The first-order chi connectivity index (χ1) is 10.5. The Balaban J connectivity index is 2.23. The largest absolute Gasteiger partial charge is 0.344 e. The van der Waals surface area contributed by atoms with Crippen molar-refractivity contribution in [2.45, 2.75) is 13.0 Å². The fraction of sp³-hybridized carbons (Fsp3) is 0.294. The third kappa shape index (κ3) is 4.05. The molecule has 5 heteroatoms. The van der Waals surface area contributed by atoms with E-state index < -0.39 is 0 Å². The molecule has 1 heterocycles. The summed E-state index contributed by atoms with van der Waals surface area (Å²) in [4.78, 5) is 28.9. The summed E-state index contributed by atoms with van der Waals surface area (Å²) in [6, 6.07) is 12.8. The highest BCUT2D eigenvalue weighted by Crippen LogP contribution is 2.13. The number of hydrogen-bond acceptors (Lipinski definition) is 3. The van der Waals surface area contributed by atoms with E-state index in [1.165, 1.54) is 0 Å². The SMILES string of the molecule is Cc1ccc(C(=O)N[C@@H](CN(C)C)c2ccccc2)c(=O)[nH]1. The number of H-pyrrole nitrogens is 1. The maximum absolute atomic E-state index is 12.4. The third-order valence-electron chi connectivity index (χ3n) is 3.35. The van der Waals surface area contributed by atoms with Crippen molar-refractivity contribution in [2.24, 2.45) is 0 Å². The summed E-state index contributed by atoms with van der Waals surface area (Å²) in [6.07, 6.45) is 0. The van der Waals surface area contributed by atoms with Crippen LogP contribution in [-0.4, -0.2) is 36.4 Å². The molecule has 22 heavy (non-hydrogen) atoms. The molecule has 0 aliphatic heterocycles. The Morgan fingerprint density at radius 1 is 1.18 bits per heavy atom. The number of hydrogen-bond donors (Lipinski definition) is 2. The van der Waals surface area contributed by atoms with E-state index in [0.717, 1.165) is 11.3 Å². The van der Waals surface area contributed by atoms with E-state index in [0.29, 0.717) is 6.54 Å². The number of nitrogens with zero attached hydrogens (tertiary/aromatic N) is 1. The smallest absolute Gasteiger partial charge is 0.260 e. The number of pyridine rings is 1. The van der Waals surface area contributed by atoms with Gasteiger partial charge in [0.2, 0.25) is 0 Å². The molecule has 2 N–H and O–H groups in total. The molecule has 0 saturated heterocycles. The normalized spacial score (nSPS) is 12.2. The average molecular weight is 299 g/mol. The Labute approximate surface area is 130 Å². The quantitative estimate of drug-likeness (QED) is 0.883. The van der Waals surface area contributed by atoms with Crippen LogP contribution in [0.2, 0.25) is 0 Å². The first-order valence-electron chi connectivity index (χ1n) is 7.18. The number of aromatic nitrogens is 1. The molecule has 5 nitrogen and oxygen atoms in total. The van der Waals surface area contributed by atoms with Crippen molar-refractivity contribution >= 4 is 5.91 Å². The van der Waals surface area contributed by atoms with Crippen LogP contribution in [0, 0.1) is 6.92 Å². The predicted octanol–water partition coefficient (Wildman–Crippen LogP) is 1.72. The second-order valence-electron chi connectivity index (χ2n) is 5.58. The summed E-state index contributed by atoms with van der Waals surface area (Å²) in [5.74, 6) is -0.364. The van der Waals surface area contributed by atoms with Gasteiger partial charge in [0, 0.05) is 12.2 Å². The maximum atomic E-state index is 12.4. The lowest BCUT2D eigenvalue weighted by atomic mass is 10.1. The van der Waals surface area contributed by atoms with E-state index in [1.807, 2.05) is 49.3 Å². The Kier molecular flexibility index (Phi) is 5.12. The van der Waals surface area contributed by atoms with E-state index in [2.05, 4.69) is 10.3 Å². The van der Waals surface area contributed by atoms with Crippen LogP contribution in [0.25, 0.3) is 0 Å². The van der Waals surface area contributed by atoms with Crippen molar-refractivity contribution in [1.82, 2.24) is 15.2 Å². The molecule has 0 unspecified atom stereocenters. The van der Waals surface area contributed by atoms with Crippen molar-refractivity contribution < 1.29 is 4.79 Å². The maximum Gasteiger partial charge on any atom is 0.260 e. The number of benzene rings is 1. The van der Waals surface area contributed by atoms with Gasteiger partial charge < -0.3 is 15.2 Å². The van der Waals surface area contributed by atoms with Crippen LogP contribution in [0.15, 0.2) is 47.3 Å². The molecule has 0 saturated carbocycles. The van der Waals surface area contributed by atoms with Gasteiger partial charge in [-0.15, -0.1) is 0 Å². The predicted molar refractivity (Wildman–Crippen MR) is 87.0 cm³/mol. The van der Waals surface area contributed by atoms with E-state index in [4.69, 9.17) is 0 Å². The molecule has 0 aliphatic carbocycles. The number of carbonyl (C=O) groups excluding carboxylic acids is 1. The third-order valence-corrected chi connectivity index (χ3v) is 3.35. The highest BCUT2D eigenvalue weighted by Gasteiger charge is 2.18. The molecule has 2 aromatic rings. The minimum Gasteiger partial charge on any atom is -0.344 e. The number of rotatable bonds is 5. The van der Waals surface area contributed by atoms with Gasteiger partial charge in [0.15, 0.2) is 0 Å². The molecule has 1 aromatic heterocycles. The van der Waals surface area contributed by atoms with Crippen LogP contribution >= 0.6 is 0 Å². The van der Waals surface area contributed by atoms with Crippen molar-refractivity contribution in [3.05, 3.63) is 69.6 Å². The zero-order chi connectivity index (χ0) is 16.1. The van der Waals surface area contributed by atoms with Gasteiger partial charge in [-0.2, -0.15) is 0 Å². The topological polar surface area (TPSA) is 65.2 Å². The van der Waals surface area contributed by atoms with E-state index >= 15 is 0 Å². The van der Waals surface area contributed by atoms with Crippen LogP contribution in [0.5, 0.6) is 0 Å². The number of carbonyl (C=O) groups is 1. The highest BCUT2D eigenvalue weighted by atomic mass is 16.2. The van der Waals surface area contributed by atoms with E-state index in [1.54, 1.807) is 19.1 Å². The molecule has 0 bridgehead atoms. The average Bonchev–Trinajstić information content (AvgIpc) is 2.46. The first-order valence-corrected chi connectivity index (χ1v) is 7.18. The lowest BCUT2D eigenvalue weighted by Gasteiger charge is -2.22. The summed E-state index contributed by atoms with van der Waals surface area (Å²) in [5, 5.41) is 2.94. The van der Waals surface area contributed by atoms with Crippen LogP contribution < -0.4 is 10.9 Å². The summed E-state index contributed by atoms with van der Waals surface area (Å²) >= 11 is 0. The van der Waals surface area contributed by atoms with Gasteiger partial charge in [-0.25, -0.2) is 0 Å². The lowest BCUT2D eigenvalue weighted by molar-refractivity contribution is 0.0928. The zero-order valence-corrected chi connectivity index (χ0v) is 13.1.